The summed E-state index contributed by atoms with van der Waals surface area (Å²) >= 11 is 0. The van der Waals surface area contributed by atoms with E-state index in [1.54, 1.807) is 19.5 Å². The predicted octanol–water partition coefficient (Wildman–Crippen LogP) is 4.55. The average molecular weight is 499 g/mol. The zero-order valence-electron chi connectivity index (χ0n) is 21.2. The molecule has 0 unspecified atom stereocenters. The number of hydrogen-bond acceptors (Lipinski definition) is 5. The molecule has 1 aromatic heterocycles. The highest BCUT2D eigenvalue weighted by atomic mass is 16.5. The number of nitrogens with two attached hydrogens (primary N) is 1. The molecule has 0 spiro atoms. The lowest BCUT2D eigenvalue weighted by atomic mass is 9.90. The molecule has 192 valence electrons. The van der Waals surface area contributed by atoms with Gasteiger partial charge in [-0.3, -0.25) is 9.69 Å². The van der Waals surface area contributed by atoms with Crippen LogP contribution in [0.3, 0.4) is 0 Å². The highest BCUT2D eigenvalue weighted by molar-refractivity contribution is 5.76. The van der Waals surface area contributed by atoms with Crippen LogP contribution < -0.4 is 15.2 Å². The van der Waals surface area contributed by atoms with E-state index in [4.69, 9.17) is 15.2 Å². The Morgan fingerprint density at radius 1 is 1.00 bits per heavy atom. The fourth-order valence-electron chi connectivity index (χ4n) is 4.49. The van der Waals surface area contributed by atoms with Crippen LogP contribution in [0.2, 0.25) is 0 Å². The maximum absolute atomic E-state index is 11.2. The van der Waals surface area contributed by atoms with Gasteiger partial charge in [0.05, 0.1) is 26.5 Å². The van der Waals surface area contributed by atoms with Gasteiger partial charge in [-0.25, -0.2) is 4.98 Å². The SMILES string of the molecule is COc1cc(CC(N)=O)ccc1OCCCN(Cc1cnc[nH]1)CC(c1ccccc1)c1ccccc1. The lowest BCUT2D eigenvalue weighted by molar-refractivity contribution is -0.117. The van der Waals surface area contributed by atoms with Crippen molar-refractivity contribution in [3.05, 3.63) is 114 Å². The van der Waals surface area contributed by atoms with E-state index < -0.39 is 0 Å². The van der Waals surface area contributed by atoms with Crippen LogP contribution in [0.4, 0.5) is 0 Å². The van der Waals surface area contributed by atoms with Crippen molar-refractivity contribution < 1.29 is 14.3 Å². The van der Waals surface area contributed by atoms with E-state index in [2.05, 4.69) is 75.5 Å². The van der Waals surface area contributed by atoms with Gasteiger partial charge in [0.1, 0.15) is 0 Å². The van der Waals surface area contributed by atoms with E-state index in [1.807, 2.05) is 18.3 Å². The van der Waals surface area contributed by atoms with Crippen molar-refractivity contribution in [2.45, 2.75) is 25.3 Å². The summed E-state index contributed by atoms with van der Waals surface area (Å²) in [6, 6.07) is 26.8. The largest absolute Gasteiger partial charge is 0.493 e. The lowest BCUT2D eigenvalue weighted by Gasteiger charge is -2.28. The Labute approximate surface area is 218 Å². The summed E-state index contributed by atoms with van der Waals surface area (Å²) in [6.07, 6.45) is 4.60. The van der Waals surface area contributed by atoms with E-state index in [1.165, 1.54) is 11.1 Å². The molecule has 0 bridgehead atoms. The molecule has 0 fully saturated rings. The summed E-state index contributed by atoms with van der Waals surface area (Å²) in [7, 11) is 1.59. The summed E-state index contributed by atoms with van der Waals surface area (Å²) in [5.74, 6) is 1.12. The Morgan fingerprint density at radius 3 is 2.30 bits per heavy atom. The first kappa shape index (κ1) is 26.0. The van der Waals surface area contributed by atoms with Gasteiger partial charge in [0.15, 0.2) is 11.5 Å². The molecule has 0 saturated heterocycles. The third-order valence-electron chi connectivity index (χ3n) is 6.28. The van der Waals surface area contributed by atoms with Crippen molar-refractivity contribution in [1.82, 2.24) is 14.9 Å². The number of ether oxygens (including phenoxy) is 2. The Hall–Kier alpha value is -4.10. The van der Waals surface area contributed by atoms with Crippen LogP contribution in [-0.4, -0.2) is 47.6 Å². The molecule has 4 aromatic rings. The number of nitrogens with zero attached hydrogens (tertiary/aromatic N) is 2. The molecule has 0 saturated carbocycles. The van der Waals surface area contributed by atoms with Crippen molar-refractivity contribution in [2.24, 2.45) is 5.73 Å². The normalized spacial score (nSPS) is 11.1. The fourth-order valence-corrected chi connectivity index (χ4v) is 4.49. The second-order valence-electron chi connectivity index (χ2n) is 9.02. The van der Waals surface area contributed by atoms with Gasteiger partial charge in [0, 0.05) is 37.4 Å². The molecule has 0 aliphatic rings. The predicted molar refractivity (Wildman–Crippen MR) is 145 cm³/mol. The van der Waals surface area contributed by atoms with E-state index in [0.29, 0.717) is 18.1 Å². The van der Waals surface area contributed by atoms with E-state index >= 15 is 0 Å². The third-order valence-corrected chi connectivity index (χ3v) is 6.28. The van der Waals surface area contributed by atoms with Crippen molar-refractivity contribution in [3.8, 4) is 11.5 Å². The Bertz CT molecular complexity index is 1190. The molecule has 0 atom stereocenters. The number of nitrogens with one attached hydrogen (secondary N) is 1. The molecule has 1 heterocycles. The van der Waals surface area contributed by atoms with Gasteiger partial charge in [0.25, 0.3) is 0 Å². The molecule has 3 N–H and O–H groups in total. The first-order valence-electron chi connectivity index (χ1n) is 12.5. The maximum Gasteiger partial charge on any atom is 0.221 e. The lowest BCUT2D eigenvalue weighted by Crippen LogP contribution is -2.31. The van der Waals surface area contributed by atoms with Gasteiger partial charge in [-0.2, -0.15) is 0 Å². The minimum atomic E-state index is -0.377. The number of amides is 1. The van der Waals surface area contributed by atoms with E-state index in [9.17, 15) is 4.79 Å². The first-order valence-corrected chi connectivity index (χ1v) is 12.5. The van der Waals surface area contributed by atoms with Gasteiger partial charge < -0.3 is 20.2 Å². The summed E-state index contributed by atoms with van der Waals surface area (Å²) in [5.41, 5.74) is 9.78. The number of methoxy groups -OCH3 is 1. The molecule has 0 radical (unpaired) electrons. The van der Waals surface area contributed by atoms with Crippen molar-refractivity contribution in [3.63, 3.8) is 0 Å². The molecule has 7 heteroatoms. The topological polar surface area (TPSA) is 93.5 Å². The van der Waals surface area contributed by atoms with Crippen LogP contribution in [0.1, 0.15) is 34.7 Å². The number of benzene rings is 3. The van der Waals surface area contributed by atoms with Crippen LogP contribution in [0.5, 0.6) is 11.5 Å². The number of rotatable bonds is 14. The number of hydrogen-bond donors (Lipinski definition) is 2. The van der Waals surface area contributed by atoms with Crippen molar-refractivity contribution in [2.75, 3.05) is 26.8 Å². The second kappa shape index (κ2) is 13.3. The third kappa shape index (κ3) is 7.69. The second-order valence-corrected chi connectivity index (χ2v) is 9.02. The zero-order valence-corrected chi connectivity index (χ0v) is 21.2. The Kier molecular flexibility index (Phi) is 9.32. The van der Waals surface area contributed by atoms with E-state index in [-0.39, 0.29) is 18.2 Å². The molecular weight excluding hydrogens is 464 g/mol. The van der Waals surface area contributed by atoms with Crippen LogP contribution in [0, 0.1) is 0 Å². The minimum Gasteiger partial charge on any atom is -0.493 e. The Balaban J connectivity index is 1.43. The number of carbonyl (C=O) groups is 1. The van der Waals surface area contributed by atoms with Crippen LogP contribution in [-0.2, 0) is 17.8 Å². The molecule has 3 aromatic carbocycles. The zero-order chi connectivity index (χ0) is 25.9. The standard InChI is InChI=1S/C30H34N4O3/c1-36-29-17-23(18-30(31)35)13-14-28(29)37-16-8-15-34(20-26-19-32-22-33-26)21-27(24-9-4-2-5-10-24)25-11-6-3-7-12-25/h2-7,9-14,17,19,22,27H,8,15-16,18,20-21H2,1H3,(H2,31,35)(H,32,33). The van der Waals surface area contributed by atoms with Crippen LogP contribution in [0.15, 0.2) is 91.4 Å². The monoisotopic (exact) mass is 498 g/mol. The smallest absolute Gasteiger partial charge is 0.221 e. The number of carbonyl (C=O) groups excluding carboxylic acids is 1. The number of primary amides is 1. The molecule has 4 rings (SSSR count). The van der Waals surface area contributed by atoms with Crippen molar-refractivity contribution >= 4 is 5.91 Å². The number of imidazole rings is 1. The molecular formula is C30H34N4O3. The van der Waals surface area contributed by atoms with E-state index in [0.717, 1.165) is 37.3 Å². The van der Waals surface area contributed by atoms with Gasteiger partial charge in [-0.1, -0.05) is 66.7 Å². The average Bonchev–Trinajstić information content (AvgIpc) is 3.43. The fraction of sp³-hybridized carbons (Fsp3) is 0.267. The number of aromatic amines is 1. The van der Waals surface area contributed by atoms with Crippen LogP contribution in [0.25, 0.3) is 0 Å². The summed E-state index contributed by atoms with van der Waals surface area (Å²) in [5, 5.41) is 0. The molecule has 1 amide bonds. The van der Waals surface area contributed by atoms with Gasteiger partial charge in [0.2, 0.25) is 5.91 Å². The summed E-state index contributed by atoms with van der Waals surface area (Å²) in [4.78, 5) is 21.1. The highest BCUT2D eigenvalue weighted by Gasteiger charge is 2.19. The molecule has 7 nitrogen and oxygen atoms in total. The Morgan fingerprint density at radius 2 is 1.70 bits per heavy atom. The first-order chi connectivity index (χ1) is 18.1. The van der Waals surface area contributed by atoms with Crippen molar-refractivity contribution in [1.29, 1.82) is 0 Å². The van der Waals surface area contributed by atoms with Gasteiger partial charge in [-0.15, -0.1) is 0 Å². The van der Waals surface area contributed by atoms with Crippen LogP contribution >= 0.6 is 0 Å². The highest BCUT2D eigenvalue weighted by Crippen LogP contribution is 2.29. The molecule has 0 aliphatic carbocycles. The number of aromatic nitrogens is 2. The minimum absolute atomic E-state index is 0.170. The summed E-state index contributed by atoms with van der Waals surface area (Å²) in [6.45, 7) is 3.00. The number of H-pyrrole nitrogens is 1. The maximum atomic E-state index is 11.2. The molecule has 0 aliphatic heterocycles. The van der Waals surface area contributed by atoms with Gasteiger partial charge >= 0.3 is 0 Å². The van der Waals surface area contributed by atoms with Gasteiger partial charge in [-0.05, 0) is 35.2 Å². The summed E-state index contributed by atoms with van der Waals surface area (Å²) < 4.78 is 11.5. The molecule has 37 heavy (non-hydrogen) atoms. The quantitative estimate of drug-likeness (QED) is 0.249.